The van der Waals surface area contributed by atoms with Crippen LogP contribution in [-0.4, -0.2) is 47.6 Å². The van der Waals surface area contributed by atoms with Gasteiger partial charge in [0.05, 0.1) is 23.9 Å². The van der Waals surface area contributed by atoms with Crippen molar-refractivity contribution in [2.24, 2.45) is 11.7 Å². The molecule has 1 aromatic carbocycles. The molecule has 4 rings (SSSR count). The molecule has 6 atom stereocenters. The highest BCUT2D eigenvalue weighted by molar-refractivity contribution is 5.82. The van der Waals surface area contributed by atoms with Crippen molar-refractivity contribution in [1.82, 2.24) is 15.8 Å². The molecule has 2 saturated heterocycles. The van der Waals surface area contributed by atoms with E-state index >= 15 is 4.39 Å². The zero-order valence-corrected chi connectivity index (χ0v) is 18.0. The molecular formula is C22H28F4N6O. The van der Waals surface area contributed by atoms with Gasteiger partial charge in [-0.3, -0.25) is 4.79 Å². The number of carbonyl (C=O) groups is 1. The van der Waals surface area contributed by atoms with Gasteiger partial charge in [0.1, 0.15) is 18.4 Å². The number of benzene rings is 1. The van der Waals surface area contributed by atoms with Crippen molar-refractivity contribution in [3.63, 3.8) is 0 Å². The van der Waals surface area contributed by atoms with Gasteiger partial charge in [-0.1, -0.05) is 25.0 Å². The van der Waals surface area contributed by atoms with Crippen molar-refractivity contribution in [3.05, 3.63) is 29.8 Å². The number of nitriles is 1. The van der Waals surface area contributed by atoms with E-state index < -0.39 is 36.0 Å². The van der Waals surface area contributed by atoms with E-state index in [1.807, 2.05) is 0 Å². The van der Waals surface area contributed by atoms with E-state index in [9.17, 15) is 23.2 Å². The first-order chi connectivity index (χ1) is 15.7. The van der Waals surface area contributed by atoms with Gasteiger partial charge in [0.15, 0.2) is 0 Å². The molecule has 1 aliphatic carbocycles. The third kappa shape index (κ3) is 4.39. The van der Waals surface area contributed by atoms with Crippen molar-refractivity contribution in [2.45, 2.75) is 74.7 Å². The predicted molar refractivity (Wildman–Crippen MR) is 113 cm³/mol. The second-order valence-electron chi connectivity index (χ2n) is 9.09. The number of carbonyl (C=O) groups excluding carboxylic acids is 1. The molecule has 0 bridgehead atoms. The summed E-state index contributed by atoms with van der Waals surface area (Å²) >= 11 is 0. The molecule has 7 nitrogen and oxygen atoms in total. The van der Waals surface area contributed by atoms with Gasteiger partial charge in [-0.25, -0.2) is 14.8 Å². The van der Waals surface area contributed by atoms with Gasteiger partial charge in [0.2, 0.25) is 5.91 Å². The molecule has 2 aliphatic heterocycles. The van der Waals surface area contributed by atoms with Crippen LogP contribution in [0.15, 0.2) is 24.3 Å². The summed E-state index contributed by atoms with van der Waals surface area (Å²) in [6.07, 6.45) is -3.34. The van der Waals surface area contributed by atoms with Gasteiger partial charge < -0.3 is 16.4 Å². The van der Waals surface area contributed by atoms with E-state index in [-0.39, 0.29) is 23.9 Å². The van der Waals surface area contributed by atoms with Gasteiger partial charge in [-0.05, 0) is 37.0 Å². The Morgan fingerprint density at radius 1 is 1.27 bits per heavy atom. The summed E-state index contributed by atoms with van der Waals surface area (Å²) in [6.45, 7) is 0.453. The number of nitrogens with two attached hydrogens (primary N) is 1. The van der Waals surface area contributed by atoms with Crippen LogP contribution in [0, 0.1) is 17.2 Å². The van der Waals surface area contributed by atoms with E-state index in [2.05, 4.69) is 22.1 Å². The maximum Gasteiger partial charge on any atom is 0.407 e. The lowest BCUT2D eigenvalue weighted by Gasteiger charge is -2.48. The minimum absolute atomic E-state index is 0.00273. The number of halogens is 4. The third-order valence-electron chi connectivity index (χ3n) is 7.14. The highest BCUT2D eigenvalue weighted by Crippen LogP contribution is 2.44. The van der Waals surface area contributed by atoms with Crippen LogP contribution < -0.4 is 21.8 Å². The van der Waals surface area contributed by atoms with Gasteiger partial charge >= 0.3 is 6.18 Å². The topological polar surface area (TPSA) is 106 Å². The number of rotatable bonds is 5. The lowest BCUT2D eigenvalue weighted by Crippen LogP contribution is -2.63. The van der Waals surface area contributed by atoms with E-state index in [4.69, 9.17) is 5.73 Å². The highest BCUT2D eigenvalue weighted by atomic mass is 19.4. The summed E-state index contributed by atoms with van der Waals surface area (Å²) < 4.78 is 54.0. The minimum Gasteiger partial charge on any atom is -0.368 e. The van der Waals surface area contributed by atoms with Crippen LogP contribution in [0.5, 0.6) is 0 Å². The average molecular weight is 468 g/mol. The van der Waals surface area contributed by atoms with Crippen LogP contribution in [0.2, 0.25) is 0 Å². The Bertz CT molecular complexity index is 904. The van der Waals surface area contributed by atoms with E-state index in [1.54, 1.807) is 5.01 Å². The number of hydrogen-bond donors (Lipinski definition) is 4. The first-order valence-corrected chi connectivity index (χ1v) is 11.2. The summed E-state index contributed by atoms with van der Waals surface area (Å²) in [5, 5.41) is 17.3. The fourth-order valence-corrected chi connectivity index (χ4v) is 5.41. The zero-order chi connectivity index (χ0) is 23.8. The largest absolute Gasteiger partial charge is 0.407 e. The zero-order valence-electron chi connectivity index (χ0n) is 18.0. The molecule has 1 amide bonds. The SMILES string of the molecule is N#CC[C@]1(N2NC(Nc3ccc(C(N)C(F)(F)F)cc3)C3C(=O)NCCC32)CCCC[C@H]1F. The average Bonchev–Trinajstić information content (AvgIpc) is 3.15. The number of hydrazine groups is 1. The third-order valence-corrected chi connectivity index (χ3v) is 7.14. The van der Waals surface area contributed by atoms with Crippen LogP contribution in [0.3, 0.4) is 0 Å². The fraction of sp³-hybridized carbons (Fsp3) is 0.636. The van der Waals surface area contributed by atoms with Crippen LogP contribution in [-0.2, 0) is 4.79 Å². The quantitative estimate of drug-likeness (QED) is 0.496. The first-order valence-electron chi connectivity index (χ1n) is 11.2. The monoisotopic (exact) mass is 468 g/mol. The number of nitrogens with zero attached hydrogens (tertiary/aromatic N) is 2. The normalized spacial score (nSPS) is 33.6. The Labute approximate surface area is 189 Å². The number of amides is 1. The molecule has 11 heteroatoms. The molecule has 33 heavy (non-hydrogen) atoms. The maximum absolute atomic E-state index is 15.3. The van der Waals surface area contributed by atoms with Crippen LogP contribution in [0.1, 0.15) is 50.1 Å². The van der Waals surface area contributed by atoms with Gasteiger partial charge in [-0.2, -0.15) is 18.4 Å². The van der Waals surface area contributed by atoms with Crippen LogP contribution in [0.25, 0.3) is 0 Å². The minimum atomic E-state index is -4.55. The van der Waals surface area contributed by atoms with E-state index in [1.165, 1.54) is 24.3 Å². The molecule has 3 fully saturated rings. The molecule has 0 spiro atoms. The summed E-state index contributed by atoms with van der Waals surface area (Å²) in [5.41, 5.74) is 7.94. The first kappa shape index (κ1) is 23.7. The number of hydrogen-bond acceptors (Lipinski definition) is 6. The molecule has 0 aromatic heterocycles. The van der Waals surface area contributed by atoms with E-state index in [0.29, 0.717) is 31.5 Å². The lowest BCUT2D eigenvalue weighted by molar-refractivity contribution is -0.149. The number of alkyl halides is 4. The van der Waals surface area contributed by atoms with Crippen molar-refractivity contribution < 1.29 is 22.4 Å². The van der Waals surface area contributed by atoms with Crippen molar-refractivity contribution in [3.8, 4) is 6.07 Å². The molecule has 4 unspecified atom stereocenters. The Hall–Kier alpha value is -2.42. The molecule has 2 heterocycles. The fourth-order valence-electron chi connectivity index (χ4n) is 5.41. The van der Waals surface area contributed by atoms with Gasteiger partial charge in [0, 0.05) is 18.3 Å². The summed E-state index contributed by atoms with van der Waals surface area (Å²) in [6, 6.07) is 5.29. The number of nitrogens with one attached hydrogen (secondary N) is 3. The molecule has 180 valence electrons. The Kier molecular flexibility index (Phi) is 6.53. The highest BCUT2D eigenvalue weighted by Gasteiger charge is 2.57. The predicted octanol–water partition coefficient (Wildman–Crippen LogP) is 2.88. The number of fused-ring (bicyclic) bond motifs is 1. The summed E-state index contributed by atoms with van der Waals surface area (Å²) in [5.74, 6) is -0.742. The Balaban J connectivity index is 1.59. The molecule has 1 saturated carbocycles. The second-order valence-corrected chi connectivity index (χ2v) is 9.09. The smallest absolute Gasteiger partial charge is 0.368 e. The second kappa shape index (κ2) is 9.08. The van der Waals surface area contributed by atoms with Crippen LogP contribution >= 0.6 is 0 Å². The summed E-state index contributed by atoms with van der Waals surface area (Å²) in [4.78, 5) is 12.8. The van der Waals surface area contributed by atoms with E-state index in [0.717, 1.165) is 12.8 Å². The molecule has 3 aliphatic rings. The number of anilines is 1. The van der Waals surface area contributed by atoms with Crippen molar-refractivity contribution in [1.29, 1.82) is 5.26 Å². The van der Waals surface area contributed by atoms with Gasteiger partial charge in [0.25, 0.3) is 0 Å². The van der Waals surface area contributed by atoms with Crippen LogP contribution in [0.4, 0.5) is 23.2 Å². The lowest BCUT2D eigenvalue weighted by atomic mass is 9.76. The maximum atomic E-state index is 15.3. The molecule has 0 radical (unpaired) electrons. The molecule has 5 N–H and O–H groups in total. The standard InChI is InChI=1S/C22H28F4N6O/c23-16-3-1-2-9-21(16,10-11-27)32-15-8-12-29-20(33)17(15)19(31-32)30-14-6-4-13(5-7-14)18(28)22(24,25)26/h4-7,15-19,30-31H,1-3,8-10,12,28H2,(H,29,33)/t15?,16-,17?,18?,19?,21-/m1/s1. The Morgan fingerprint density at radius 2 is 2.00 bits per heavy atom. The van der Waals surface area contributed by atoms with Crippen molar-refractivity contribution >= 4 is 11.6 Å². The molecular weight excluding hydrogens is 440 g/mol. The summed E-state index contributed by atoms with van der Waals surface area (Å²) in [7, 11) is 0. The molecule has 1 aromatic rings. The Morgan fingerprint density at radius 3 is 2.64 bits per heavy atom. The van der Waals surface area contributed by atoms with Gasteiger partial charge in [-0.15, -0.1) is 0 Å². The van der Waals surface area contributed by atoms with Crippen molar-refractivity contribution in [2.75, 3.05) is 11.9 Å². The number of piperidine rings is 1.